The highest BCUT2D eigenvalue weighted by molar-refractivity contribution is 7.09. The van der Waals surface area contributed by atoms with Crippen molar-refractivity contribution in [1.82, 2.24) is 9.88 Å². The lowest BCUT2D eigenvalue weighted by molar-refractivity contribution is 0.0936. The van der Waals surface area contributed by atoms with E-state index in [0.29, 0.717) is 6.54 Å². The summed E-state index contributed by atoms with van der Waals surface area (Å²) in [7, 11) is 0. The Morgan fingerprint density at radius 3 is 2.96 bits per heavy atom. The van der Waals surface area contributed by atoms with Crippen molar-refractivity contribution < 1.29 is 9.53 Å². The summed E-state index contributed by atoms with van der Waals surface area (Å²) in [6.45, 7) is 7.19. The van der Waals surface area contributed by atoms with Crippen molar-refractivity contribution in [2.24, 2.45) is 5.92 Å². The molecule has 0 atom stereocenters. The van der Waals surface area contributed by atoms with E-state index < -0.39 is 0 Å². The Morgan fingerprint density at radius 1 is 1.42 bits per heavy atom. The normalized spacial score (nSPS) is 14.1. The van der Waals surface area contributed by atoms with E-state index in [0.717, 1.165) is 49.0 Å². The molecule has 2 aromatic heterocycles. The molecule has 1 N–H and O–H groups in total. The summed E-state index contributed by atoms with van der Waals surface area (Å²) in [5, 5.41) is 5.10. The Labute approximate surface area is 147 Å². The van der Waals surface area contributed by atoms with Crippen LogP contribution in [0.5, 0.6) is 0 Å². The molecule has 0 saturated heterocycles. The molecule has 2 heterocycles. The molecule has 0 radical (unpaired) electrons. The van der Waals surface area contributed by atoms with Crippen LogP contribution in [0.15, 0.2) is 23.6 Å². The van der Waals surface area contributed by atoms with Crippen LogP contribution in [0.2, 0.25) is 0 Å². The summed E-state index contributed by atoms with van der Waals surface area (Å²) < 4.78 is 7.80. The van der Waals surface area contributed by atoms with Crippen LogP contribution >= 0.6 is 11.3 Å². The van der Waals surface area contributed by atoms with Gasteiger partial charge in [-0.15, -0.1) is 11.3 Å². The minimum absolute atomic E-state index is 0.0164. The van der Waals surface area contributed by atoms with Gasteiger partial charge in [0.25, 0.3) is 5.91 Å². The van der Waals surface area contributed by atoms with Gasteiger partial charge in [0.05, 0.1) is 12.1 Å². The monoisotopic (exact) mass is 346 g/mol. The summed E-state index contributed by atoms with van der Waals surface area (Å²) in [6, 6.07) is 6.18. The number of hydrogen-bond donors (Lipinski definition) is 1. The van der Waals surface area contributed by atoms with Crippen molar-refractivity contribution >= 4 is 17.2 Å². The number of hydrogen-bond acceptors (Lipinski definition) is 3. The van der Waals surface area contributed by atoms with Crippen LogP contribution in [-0.4, -0.2) is 30.2 Å². The molecular formula is C19H26N2O2S. The number of amides is 1. The minimum atomic E-state index is 0.0164. The van der Waals surface area contributed by atoms with Crippen LogP contribution in [0.4, 0.5) is 0 Å². The van der Waals surface area contributed by atoms with Crippen molar-refractivity contribution in [2.75, 3.05) is 19.8 Å². The number of nitrogens with zero attached hydrogens (tertiary/aromatic N) is 1. The maximum Gasteiger partial charge on any atom is 0.253 e. The zero-order valence-corrected chi connectivity index (χ0v) is 15.3. The first-order valence-corrected chi connectivity index (χ1v) is 9.58. The molecular weight excluding hydrogens is 320 g/mol. The van der Waals surface area contributed by atoms with Crippen molar-refractivity contribution in [3.05, 3.63) is 45.4 Å². The van der Waals surface area contributed by atoms with Gasteiger partial charge >= 0.3 is 0 Å². The number of carbonyl (C=O) groups is 1. The van der Waals surface area contributed by atoms with Crippen LogP contribution in [-0.2, 0) is 11.3 Å². The second kappa shape index (κ2) is 7.99. The van der Waals surface area contributed by atoms with Crippen LogP contribution < -0.4 is 5.32 Å². The predicted octanol–water partition coefficient (Wildman–Crippen LogP) is 3.76. The first-order chi connectivity index (χ1) is 11.6. The fraction of sp³-hybridized carbons (Fsp3) is 0.526. The fourth-order valence-electron chi connectivity index (χ4n) is 2.84. The molecule has 0 spiro atoms. The van der Waals surface area contributed by atoms with Gasteiger partial charge in [0.1, 0.15) is 0 Å². The summed E-state index contributed by atoms with van der Waals surface area (Å²) in [5.74, 6) is 0.816. The molecule has 130 valence electrons. The van der Waals surface area contributed by atoms with Crippen molar-refractivity contribution in [3.8, 4) is 0 Å². The second-order valence-electron chi connectivity index (χ2n) is 6.58. The molecule has 0 aromatic carbocycles. The third-order valence-corrected chi connectivity index (χ3v) is 5.37. The second-order valence-corrected chi connectivity index (χ2v) is 7.61. The molecule has 4 nitrogen and oxygen atoms in total. The topological polar surface area (TPSA) is 43.3 Å². The summed E-state index contributed by atoms with van der Waals surface area (Å²) in [5.41, 5.74) is 2.94. The van der Waals surface area contributed by atoms with E-state index in [2.05, 4.69) is 34.3 Å². The molecule has 1 saturated carbocycles. The first kappa shape index (κ1) is 17.2. The first-order valence-electron chi connectivity index (χ1n) is 8.70. The standard InChI is InChI=1S/C19H26N2O2S/c1-14-11-18(15(2)21(14)12-17-5-3-10-24-17)19(22)20-8-4-9-23-13-16-6-7-16/h3,5,10-11,16H,4,6-9,12-13H2,1-2H3,(H,20,22). The van der Waals surface area contributed by atoms with Gasteiger partial charge in [-0.1, -0.05) is 6.07 Å². The van der Waals surface area contributed by atoms with E-state index in [-0.39, 0.29) is 5.91 Å². The average Bonchev–Trinajstić information content (AvgIpc) is 3.17. The maximum absolute atomic E-state index is 12.4. The smallest absolute Gasteiger partial charge is 0.253 e. The van der Waals surface area contributed by atoms with Crippen LogP contribution in [0, 0.1) is 19.8 Å². The molecule has 0 aliphatic heterocycles. The summed E-state index contributed by atoms with van der Waals surface area (Å²) >= 11 is 1.75. The van der Waals surface area contributed by atoms with E-state index in [1.54, 1.807) is 11.3 Å². The van der Waals surface area contributed by atoms with Gasteiger partial charge in [0, 0.05) is 36.0 Å². The highest BCUT2D eigenvalue weighted by atomic mass is 32.1. The van der Waals surface area contributed by atoms with E-state index >= 15 is 0 Å². The van der Waals surface area contributed by atoms with Gasteiger partial charge in [-0.05, 0) is 56.5 Å². The van der Waals surface area contributed by atoms with Gasteiger partial charge in [-0.2, -0.15) is 0 Å². The number of nitrogens with one attached hydrogen (secondary N) is 1. The molecule has 2 aromatic rings. The molecule has 3 rings (SSSR count). The van der Waals surface area contributed by atoms with Gasteiger partial charge < -0.3 is 14.6 Å². The van der Waals surface area contributed by atoms with Crippen molar-refractivity contribution in [3.63, 3.8) is 0 Å². The van der Waals surface area contributed by atoms with Crippen molar-refractivity contribution in [2.45, 2.75) is 39.7 Å². The molecule has 0 unspecified atom stereocenters. The highest BCUT2D eigenvalue weighted by Crippen LogP contribution is 2.28. The zero-order chi connectivity index (χ0) is 16.9. The lowest BCUT2D eigenvalue weighted by atomic mass is 10.2. The molecule has 0 bridgehead atoms. The number of aromatic nitrogens is 1. The number of ether oxygens (including phenoxy) is 1. The third-order valence-electron chi connectivity index (χ3n) is 4.51. The molecule has 1 fully saturated rings. The van der Waals surface area contributed by atoms with Crippen LogP contribution in [0.1, 0.15) is 45.9 Å². The SMILES string of the molecule is Cc1cc(C(=O)NCCCOCC2CC2)c(C)n1Cc1cccs1. The Bertz CT molecular complexity index is 672. The van der Waals surface area contributed by atoms with E-state index in [1.165, 1.54) is 17.7 Å². The predicted molar refractivity (Wildman–Crippen MR) is 97.8 cm³/mol. The number of rotatable bonds is 9. The van der Waals surface area contributed by atoms with Gasteiger partial charge in [0.15, 0.2) is 0 Å². The lowest BCUT2D eigenvalue weighted by Crippen LogP contribution is -2.25. The van der Waals surface area contributed by atoms with Crippen LogP contribution in [0.25, 0.3) is 0 Å². The molecule has 24 heavy (non-hydrogen) atoms. The van der Waals surface area contributed by atoms with Crippen LogP contribution in [0.3, 0.4) is 0 Å². The third kappa shape index (κ3) is 4.48. The number of aryl methyl sites for hydroxylation is 1. The molecule has 1 aliphatic carbocycles. The Hall–Kier alpha value is -1.59. The molecule has 5 heteroatoms. The minimum Gasteiger partial charge on any atom is -0.381 e. The molecule has 1 amide bonds. The fourth-order valence-corrected chi connectivity index (χ4v) is 3.53. The summed E-state index contributed by atoms with van der Waals surface area (Å²) in [6.07, 6.45) is 3.50. The quantitative estimate of drug-likeness (QED) is 0.703. The van der Waals surface area contributed by atoms with Crippen molar-refractivity contribution in [1.29, 1.82) is 0 Å². The highest BCUT2D eigenvalue weighted by Gasteiger charge is 2.21. The van der Waals surface area contributed by atoms with E-state index in [4.69, 9.17) is 4.74 Å². The maximum atomic E-state index is 12.4. The van der Waals surface area contributed by atoms with E-state index in [9.17, 15) is 4.79 Å². The number of thiophene rings is 1. The Kier molecular flexibility index (Phi) is 5.74. The molecule has 1 aliphatic rings. The Morgan fingerprint density at radius 2 is 2.25 bits per heavy atom. The Balaban J connectivity index is 1.48. The van der Waals surface area contributed by atoms with Gasteiger partial charge in [-0.3, -0.25) is 4.79 Å². The largest absolute Gasteiger partial charge is 0.381 e. The summed E-state index contributed by atoms with van der Waals surface area (Å²) in [4.78, 5) is 13.7. The van der Waals surface area contributed by atoms with E-state index in [1.807, 2.05) is 13.0 Å². The van der Waals surface area contributed by atoms with Gasteiger partial charge in [-0.25, -0.2) is 0 Å². The lowest BCUT2D eigenvalue weighted by Gasteiger charge is -2.09. The average molecular weight is 346 g/mol. The zero-order valence-electron chi connectivity index (χ0n) is 14.5. The number of carbonyl (C=O) groups excluding carboxylic acids is 1. The van der Waals surface area contributed by atoms with Gasteiger partial charge in [0.2, 0.25) is 0 Å².